The van der Waals surface area contributed by atoms with Crippen LogP contribution in [0, 0.1) is 5.82 Å². The maximum atomic E-state index is 13.7. The molecule has 2 aromatic carbocycles. The maximum absolute atomic E-state index is 13.7. The number of ether oxygens (including phenoxy) is 1. The predicted molar refractivity (Wildman–Crippen MR) is 98.5 cm³/mol. The van der Waals surface area contributed by atoms with Gasteiger partial charge in [0.25, 0.3) is 5.91 Å². The van der Waals surface area contributed by atoms with Crippen LogP contribution in [0.1, 0.15) is 48.7 Å². The Bertz CT molecular complexity index is 767. The lowest BCUT2D eigenvalue weighted by Gasteiger charge is -2.21. The molecule has 0 fully saturated rings. The molecule has 0 aromatic heterocycles. The van der Waals surface area contributed by atoms with Crippen molar-refractivity contribution >= 4 is 23.5 Å². The molecule has 0 saturated carbocycles. The minimum atomic E-state index is -1.07. The molecule has 2 atom stereocenters. The van der Waals surface area contributed by atoms with Crippen LogP contribution in [0.4, 0.5) is 4.39 Å². The van der Waals surface area contributed by atoms with Crippen molar-refractivity contribution in [1.82, 2.24) is 5.32 Å². The van der Waals surface area contributed by atoms with Gasteiger partial charge in [0.2, 0.25) is 0 Å². The van der Waals surface area contributed by atoms with Gasteiger partial charge in [-0.2, -0.15) is 0 Å². The summed E-state index contributed by atoms with van der Waals surface area (Å²) in [6.07, 6.45) is 0.560. The largest absolute Gasteiger partial charge is 0.449 e. The highest BCUT2D eigenvalue weighted by Crippen LogP contribution is 2.19. The van der Waals surface area contributed by atoms with Gasteiger partial charge in [0.15, 0.2) is 6.10 Å². The predicted octanol–water partition coefficient (Wildman–Crippen LogP) is 4.68. The summed E-state index contributed by atoms with van der Waals surface area (Å²) in [6.45, 7) is 3.47. The van der Waals surface area contributed by atoms with E-state index in [0.717, 1.165) is 24.5 Å². The molecule has 0 unspecified atom stereocenters. The van der Waals surface area contributed by atoms with Gasteiger partial charge in [0.05, 0.1) is 11.6 Å². The van der Waals surface area contributed by atoms with Gasteiger partial charge in [-0.25, -0.2) is 9.18 Å². The molecular weight excluding hydrogens is 357 g/mol. The first-order valence-electron chi connectivity index (χ1n) is 8.43. The molecule has 0 aliphatic heterocycles. The molecule has 2 aromatic rings. The van der Waals surface area contributed by atoms with Crippen LogP contribution in [-0.2, 0) is 9.53 Å². The smallest absolute Gasteiger partial charge is 0.341 e. The van der Waals surface area contributed by atoms with Crippen LogP contribution in [-0.4, -0.2) is 18.0 Å². The van der Waals surface area contributed by atoms with E-state index in [4.69, 9.17) is 16.3 Å². The SMILES string of the molecule is CCC[C@H](NC(=O)[C@H](C)OC(=O)c1cc(Cl)ccc1F)c1ccccc1. The van der Waals surface area contributed by atoms with Crippen LogP contribution in [0.5, 0.6) is 0 Å². The maximum Gasteiger partial charge on any atom is 0.341 e. The Morgan fingerprint density at radius 2 is 1.88 bits per heavy atom. The van der Waals surface area contributed by atoms with E-state index in [9.17, 15) is 14.0 Å². The Hall–Kier alpha value is -2.40. The van der Waals surface area contributed by atoms with E-state index in [0.29, 0.717) is 0 Å². The Morgan fingerprint density at radius 3 is 2.54 bits per heavy atom. The van der Waals surface area contributed by atoms with Gasteiger partial charge in [-0.15, -0.1) is 0 Å². The quantitative estimate of drug-likeness (QED) is 0.712. The van der Waals surface area contributed by atoms with Crippen LogP contribution < -0.4 is 5.32 Å². The normalized spacial score (nSPS) is 12.9. The van der Waals surface area contributed by atoms with Gasteiger partial charge >= 0.3 is 5.97 Å². The average molecular weight is 378 g/mol. The summed E-state index contributed by atoms with van der Waals surface area (Å²) < 4.78 is 18.8. The molecule has 1 N–H and O–H groups in total. The summed E-state index contributed by atoms with van der Waals surface area (Å²) in [6, 6.07) is 13.0. The fourth-order valence-corrected chi connectivity index (χ4v) is 2.69. The zero-order valence-corrected chi connectivity index (χ0v) is 15.4. The van der Waals surface area contributed by atoms with Gasteiger partial charge in [-0.3, -0.25) is 4.79 Å². The van der Waals surface area contributed by atoms with E-state index in [1.165, 1.54) is 19.1 Å². The van der Waals surface area contributed by atoms with Crippen molar-refractivity contribution in [2.75, 3.05) is 0 Å². The highest BCUT2D eigenvalue weighted by molar-refractivity contribution is 6.30. The number of carbonyl (C=O) groups is 2. The molecule has 26 heavy (non-hydrogen) atoms. The molecule has 4 nitrogen and oxygen atoms in total. The van der Waals surface area contributed by atoms with E-state index < -0.39 is 23.8 Å². The number of esters is 1. The second kappa shape index (κ2) is 9.34. The van der Waals surface area contributed by atoms with Crippen molar-refractivity contribution in [3.8, 4) is 0 Å². The molecule has 0 radical (unpaired) electrons. The van der Waals surface area contributed by atoms with Crippen molar-refractivity contribution < 1.29 is 18.7 Å². The Balaban J connectivity index is 2.04. The van der Waals surface area contributed by atoms with Crippen LogP contribution in [0.2, 0.25) is 5.02 Å². The molecule has 2 rings (SSSR count). The fraction of sp³-hybridized carbons (Fsp3) is 0.300. The molecule has 6 heteroatoms. The number of hydrogen-bond donors (Lipinski definition) is 1. The molecule has 0 saturated heterocycles. The first kappa shape index (κ1) is 19.9. The van der Waals surface area contributed by atoms with Crippen molar-refractivity contribution in [2.24, 2.45) is 0 Å². The lowest BCUT2D eigenvalue weighted by Crippen LogP contribution is -2.38. The molecule has 138 valence electrons. The summed E-state index contributed by atoms with van der Waals surface area (Å²) in [5, 5.41) is 3.09. The van der Waals surface area contributed by atoms with Gasteiger partial charge in [0, 0.05) is 5.02 Å². The zero-order valence-electron chi connectivity index (χ0n) is 14.7. The van der Waals surface area contributed by atoms with E-state index in [2.05, 4.69) is 5.32 Å². The third-order valence-corrected chi connectivity index (χ3v) is 4.13. The second-order valence-corrected chi connectivity index (χ2v) is 6.37. The second-order valence-electron chi connectivity index (χ2n) is 5.93. The first-order chi connectivity index (χ1) is 12.4. The highest BCUT2D eigenvalue weighted by Gasteiger charge is 2.23. The number of nitrogens with one attached hydrogen (secondary N) is 1. The number of carbonyl (C=O) groups excluding carboxylic acids is 2. The van der Waals surface area contributed by atoms with E-state index >= 15 is 0 Å². The molecule has 0 aliphatic rings. The third kappa shape index (κ3) is 5.30. The Kier molecular flexibility index (Phi) is 7.16. The van der Waals surface area contributed by atoms with E-state index in [-0.39, 0.29) is 16.6 Å². The molecule has 1 amide bonds. The zero-order chi connectivity index (χ0) is 19.1. The monoisotopic (exact) mass is 377 g/mol. The summed E-state index contributed by atoms with van der Waals surface area (Å²) in [5.74, 6) is -2.12. The van der Waals surface area contributed by atoms with Gasteiger partial charge in [-0.05, 0) is 37.1 Å². The highest BCUT2D eigenvalue weighted by atomic mass is 35.5. The van der Waals surface area contributed by atoms with E-state index in [1.54, 1.807) is 0 Å². The van der Waals surface area contributed by atoms with Gasteiger partial charge < -0.3 is 10.1 Å². The van der Waals surface area contributed by atoms with E-state index in [1.807, 2.05) is 37.3 Å². The number of halogens is 2. The van der Waals surface area contributed by atoms with Crippen molar-refractivity contribution in [3.05, 3.63) is 70.5 Å². The van der Waals surface area contributed by atoms with Crippen molar-refractivity contribution in [1.29, 1.82) is 0 Å². The van der Waals surface area contributed by atoms with Crippen molar-refractivity contribution in [2.45, 2.75) is 38.8 Å². The fourth-order valence-electron chi connectivity index (χ4n) is 2.52. The molecule has 0 bridgehead atoms. The lowest BCUT2D eigenvalue weighted by molar-refractivity contribution is -0.129. The van der Waals surface area contributed by atoms with Gasteiger partial charge in [-0.1, -0.05) is 55.3 Å². The third-order valence-electron chi connectivity index (χ3n) is 3.90. The first-order valence-corrected chi connectivity index (χ1v) is 8.81. The number of rotatable bonds is 7. The Labute approximate surface area is 157 Å². The molecule has 0 aliphatic carbocycles. The van der Waals surface area contributed by atoms with Gasteiger partial charge in [0.1, 0.15) is 5.82 Å². The minimum absolute atomic E-state index is 0.183. The average Bonchev–Trinajstić information content (AvgIpc) is 2.63. The summed E-state index contributed by atoms with van der Waals surface area (Å²) >= 11 is 5.78. The standard InChI is InChI=1S/C20H21ClFNO3/c1-3-7-18(14-8-5-4-6-9-14)23-19(24)13(2)26-20(25)16-12-15(21)10-11-17(16)22/h4-6,8-13,18H,3,7H2,1-2H3,(H,23,24)/t13-,18-/m0/s1. The summed E-state index contributed by atoms with van der Waals surface area (Å²) in [7, 11) is 0. The van der Waals surface area contributed by atoms with Crippen LogP contribution in [0.25, 0.3) is 0 Å². The number of hydrogen-bond acceptors (Lipinski definition) is 3. The van der Waals surface area contributed by atoms with Crippen LogP contribution >= 0.6 is 11.6 Å². The summed E-state index contributed by atoms with van der Waals surface area (Å²) in [5.41, 5.74) is 0.674. The summed E-state index contributed by atoms with van der Waals surface area (Å²) in [4.78, 5) is 24.5. The Morgan fingerprint density at radius 1 is 1.19 bits per heavy atom. The molecule has 0 heterocycles. The van der Waals surface area contributed by atoms with Crippen molar-refractivity contribution in [3.63, 3.8) is 0 Å². The molecule has 0 spiro atoms. The lowest BCUT2D eigenvalue weighted by atomic mass is 10.0. The number of benzene rings is 2. The van der Waals surface area contributed by atoms with Crippen LogP contribution in [0.3, 0.4) is 0 Å². The molecular formula is C20H21ClFNO3. The van der Waals surface area contributed by atoms with Crippen LogP contribution in [0.15, 0.2) is 48.5 Å². The number of amides is 1. The minimum Gasteiger partial charge on any atom is -0.449 e. The topological polar surface area (TPSA) is 55.4 Å².